The van der Waals surface area contributed by atoms with E-state index in [4.69, 9.17) is 4.42 Å². The van der Waals surface area contributed by atoms with Crippen LogP contribution in [0, 0.1) is 20.8 Å². The van der Waals surface area contributed by atoms with Crippen molar-refractivity contribution >= 4 is 21.9 Å². The second-order valence-corrected chi connectivity index (χ2v) is 6.01. The minimum Gasteiger partial charge on any atom is -0.454 e. The molecule has 0 aliphatic carbocycles. The van der Waals surface area contributed by atoms with Gasteiger partial charge in [0, 0.05) is 22.5 Å². The number of rotatable bonds is 1. The molecule has 108 valence electrons. The van der Waals surface area contributed by atoms with Crippen LogP contribution in [0.2, 0.25) is 0 Å². The predicted octanol–water partition coefficient (Wildman–Crippen LogP) is 5.57. The van der Waals surface area contributed by atoms with E-state index in [1.807, 2.05) is 12.3 Å². The van der Waals surface area contributed by atoms with Gasteiger partial charge in [0.2, 0.25) is 0 Å². The molecule has 0 amide bonds. The molecule has 0 aliphatic rings. The molecule has 2 nitrogen and oxygen atoms in total. The van der Waals surface area contributed by atoms with Crippen LogP contribution in [-0.2, 0) is 0 Å². The van der Waals surface area contributed by atoms with Crippen LogP contribution < -0.4 is 0 Å². The van der Waals surface area contributed by atoms with Crippen LogP contribution >= 0.6 is 0 Å². The molecule has 0 saturated heterocycles. The van der Waals surface area contributed by atoms with Crippen LogP contribution in [0.15, 0.2) is 53.1 Å². The maximum Gasteiger partial charge on any atom is 0.161 e. The van der Waals surface area contributed by atoms with Crippen LogP contribution in [0.1, 0.15) is 16.7 Å². The molecule has 2 heteroatoms. The molecule has 0 atom stereocenters. The number of aryl methyl sites for hydroxylation is 3. The Hall–Kier alpha value is -2.61. The van der Waals surface area contributed by atoms with Gasteiger partial charge in [0.25, 0.3) is 0 Å². The number of hydrogen-bond acceptors (Lipinski definition) is 2. The van der Waals surface area contributed by atoms with Gasteiger partial charge in [-0.05, 0) is 50.6 Å². The Morgan fingerprint density at radius 1 is 0.773 bits per heavy atom. The lowest BCUT2D eigenvalue weighted by Gasteiger charge is -2.05. The third kappa shape index (κ3) is 2.00. The van der Waals surface area contributed by atoms with E-state index in [-0.39, 0.29) is 0 Å². The van der Waals surface area contributed by atoms with E-state index in [9.17, 15) is 0 Å². The average Bonchev–Trinajstić information content (AvgIpc) is 2.83. The highest BCUT2D eigenvalue weighted by molar-refractivity contribution is 6.08. The van der Waals surface area contributed by atoms with Crippen molar-refractivity contribution in [3.05, 3.63) is 65.4 Å². The Kier molecular flexibility index (Phi) is 2.80. The van der Waals surface area contributed by atoms with Crippen molar-refractivity contribution in [3.63, 3.8) is 0 Å². The molecule has 4 aromatic rings. The number of aromatic nitrogens is 1. The third-order valence-corrected chi connectivity index (χ3v) is 4.04. The molecule has 0 unspecified atom stereocenters. The van der Waals surface area contributed by atoms with Gasteiger partial charge in [0.15, 0.2) is 5.58 Å². The zero-order valence-corrected chi connectivity index (χ0v) is 13.0. The largest absolute Gasteiger partial charge is 0.454 e. The summed E-state index contributed by atoms with van der Waals surface area (Å²) in [6.45, 7) is 6.30. The lowest BCUT2D eigenvalue weighted by molar-refractivity contribution is 0.668. The maximum absolute atomic E-state index is 6.14. The van der Waals surface area contributed by atoms with Crippen molar-refractivity contribution in [3.8, 4) is 11.3 Å². The average molecular weight is 287 g/mol. The normalized spacial score (nSPS) is 11.4. The first-order valence-electron chi connectivity index (χ1n) is 7.48. The second-order valence-electron chi connectivity index (χ2n) is 6.01. The van der Waals surface area contributed by atoms with Crippen LogP contribution in [0.4, 0.5) is 0 Å². The van der Waals surface area contributed by atoms with Crippen molar-refractivity contribution < 1.29 is 4.42 Å². The Labute approximate surface area is 129 Å². The van der Waals surface area contributed by atoms with Crippen molar-refractivity contribution in [2.24, 2.45) is 0 Å². The first kappa shape index (κ1) is 13.1. The smallest absolute Gasteiger partial charge is 0.161 e. The van der Waals surface area contributed by atoms with Crippen LogP contribution in [0.3, 0.4) is 0 Å². The third-order valence-electron chi connectivity index (χ3n) is 4.04. The fraction of sp³-hybridized carbons (Fsp3) is 0.150. The minimum atomic E-state index is 0.869. The number of benzene rings is 2. The number of hydrogen-bond donors (Lipinski definition) is 0. The van der Waals surface area contributed by atoms with Gasteiger partial charge in [-0.2, -0.15) is 0 Å². The van der Waals surface area contributed by atoms with Crippen molar-refractivity contribution in [2.75, 3.05) is 0 Å². The summed E-state index contributed by atoms with van der Waals surface area (Å²) in [6, 6.07) is 14.9. The Morgan fingerprint density at radius 3 is 2.32 bits per heavy atom. The Balaban J connectivity index is 2.08. The molecule has 2 heterocycles. The first-order chi connectivity index (χ1) is 10.6. The highest BCUT2D eigenvalue weighted by atomic mass is 16.3. The van der Waals surface area contributed by atoms with Crippen LogP contribution in [0.5, 0.6) is 0 Å². The van der Waals surface area contributed by atoms with E-state index in [2.05, 4.69) is 62.2 Å². The summed E-state index contributed by atoms with van der Waals surface area (Å²) in [6.07, 6.45) is 1.87. The molecule has 22 heavy (non-hydrogen) atoms. The fourth-order valence-electron chi connectivity index (χ4n) is 3.13. The highest BCUT2D eigenvalue weighted by Crippen LogP contribution is 2.35. The lowest BCUT2D eigenvalue weighted by atomic mass is 10.0. The van der Waals surface area contributed by atoms with E-state index >= 15 is 0 Å². The molecule has 2 aromatic heterocycles. The van der Waals surface area contributed by atoms with E-state index in [0.717, 1.165) is 33.2 Å². The number of furan rings is 1. The van der Waals surface area contributed by atoms with Gasteiger partial charge in [0.1, 0.15) is 11.3 Å². The summed E-state index contributed by atoms with van der Waals surface area (Å²) in [4.78, 5) is 4.58. The van der Waals surface area contributed by atoms with E-state index in [1.165, 1.54) is 16.7 Å². The summed E-state index contributed by atoms with van der Waals surface area (Å²) < 4.78 is 6.14. The zero-order chi connectivity index (χ0) is 15.3. The van der Waals surface area contributed by atoms with Gasteiger partial charge >= 0.3 is 0 Å². The molecule has 0 radical (unpaired) electrons. The Bertz CT molecular complexity index is 991. The minimum absolute atomic E-state index is 0.869. The van der Waals surface area contributed by atoms with Crippen molar-refractivity contribution in [1.82, 2.24) is 4.98 Å². The molecule has 0 spiro atoms. The molecule has 0 bridgehead atoms. The molecule has 0 fully saturated rings. The molecule has 2 aromatic carbocycles. The summed E-state index contributed by atoms with van der Waals surface area (Å²) >= 11 is 0. The Morgan fingerprint density at radius 2 is 1.55 bits per heavy atom. The molecule has 0 N–H and O–H groups in total. The summed E-state index contributed by atoms with van der Waals surface area (Å²) in [5.74, 6) is 0. The standard InChI is InChI=1S/C20H17NO/c1-12-4-5-16-17-6-7-21-19(20(17)22-18(16)11-12)15-9-13(2)8-14(3)10-15/h4-11H,1-3H3. The van der Waals surface area contributed by atoms with Crippen molar-refractivity contribution in [2.45, 2.75) is 20.8 Å². The van der Waals surface area contributed by atoms with Gasteiger partial charge in [-0.15, -0.1) is 0 Å². The molecule has 0 aliphatic heterocycles. The monoisotopic (exact) mass is 287 g/mol. The van der Waals surface area contributed by atoms with E-state index in [0.29, 0.717) is 0 Å². The fourth-order valence-corrected chi connectivity index (χ4v) is 3.13. The second kappa shape index (κ2) is 4.70. The van der Waals surface area contributed by atoms with Gasteiger partial charge in [-0.1, -0.05) is 29.3 Å². The summed E-state index contributed by atoms with van der Waals surface area (Å²) in [5, 5.41) is 2.27. The van der Waals surface area contributed by atoms with Crippen molar-refractivity contribution in [1.29, 1.82) is 0 Å². The first-order valence-corrected chi connectivity index (χ1v) is 7.48. The molecular weight excluding hydrogens is 270 g/mol. The summed E-state index contributed by atoms with van der Waals surface area (Å²) in [7, 11) is 0. The van der Waals surface area contributed by atoms with E-state index in [1.54, 1.807) is 0 Å². The lowest BCUT2D eigenvalue weighted by Crippen LogP contribution is -1.86. The van der Waals surface area contributed by atoms with Gasteiger partial charge < -0.3 is 4.42 Å². The number of pyridine rings is 1. The quantitative estimate of drug-likeness (QED) is 0.457. The van der Waals surface area contributed by atoms with Crippen LogP contribution in [0.25, 0.3) is 33.2 Å². The maximum atomic E-state index is 6.14. The van der Waals surface area contributed by atoms with Gasteiger partial charge in [0.05, 0.1) is 0 Å². The predicted molar refractivity (Wildman–Crippen MR) is 91.2 cm³/mol. The highest BCUT2D eigenvalue weighted by Gasteiger charge is 2.13. The topological polar surface area (TPSA) is 26.0 Å². The zero-order valence-electron chi connectivity index (χ0n) is 13.0. The van der Waals surface area contributed by atoms with E-state index < -0.39 is 0 Å². The number of nitrogens with zero attached hydrogens (tertiary/aromatic N) is 1. The molecule has 0 saturated carbocycles. The SMILES string of the molecule is Cc1cc(C)cc(-c2nccc3c2oc2cc(C)ccc23)c1. The summed E-state index contributed by atoms with van der Waals surface area (Å²) in [5.41, 5.74) is 7.49. The van der Waals surface area contributed by atoms with Gasteiger partial charge in [-0.3, -0.25) is 4.98 Å². The van der Waals surface area contributed by atoms with Crippen LogP contribution in [-0.4, -0.2) is 4.98 Å². The molecule has 4 rings (SSSR count). The molecular formula is C20H17NO. The number of fused-ring (bicyclic) bond motifs is 3. The van der Waals surface area contributed by atoms with Gasteiger partial charge in [-0.25, -0.2) is 0 Å².